The topological polar surface area (TPSA) is 51.7 Å². The molecule has 1 aromatic heterocycles. The summed E-state index contributed by atoms with van der Waals surface area (Å²) in [6.45, 7) is 4.17. The zero-order valence-electron chi connectivity index (χ0n) is 16.8. The molecule has 3 aromatic rings. The van der Waals surface area contributed by atoms with E-state index in [-0.39, 0.29) is 5.91 Å². The fraction of sp³-hybridized carbons (Fsp3) is 0.304. The summed E-state index contributed by atoms with van der Waals surface area (Å²) in [5.41, 5.74) is 2.76. The summed E-state index contributed by atoms with van der Waals surface area (Å²) < 4.78 is 11.0. The average Bonchev–Trinajstić information content (AvgIpc) is 3.20. The van der Waals surface area contributed by atoms with Crippen LogP contribution in [0.5, 0.6) is 5.75 Å². The summed E-state index contributed by atoms with van der Waals surface area (Å²) >= 11 is 1.55. The Balaban J connectivity index is 1.62. The van der Waals surface area contributed by atoms with Crippen molar-refractivity contribution in [3.8, 4) is 5.75 Å². The molecule has 0 radical (unpaired) electrons. The van der Waals surface area contributed by atoms with Gasteiger partial charge in [-0.1, -0.05) is 35.9 Å². The zero-order chi connectivity index (χ0) is 20.5. The number of ether oxygens (including phenoxy) is 2. The Morgan fingerprint density at radius 2 is 1.86 bits per heavy atom. The number of rotatable bonds is 10. The molecule has 3 rings (SSSR count). The van der Waals surface area contributed by atoms with Crippen molar-refractivity contribution in [3.63, 3.8) is 0 Å². The van der Waals surface area contributed by atoms with Gasteiger partial charge in [0, 0.05) is 31.2 Å². The molecule has 0 atom stereocenters. The lowest BCUT2D eigenvalue weighted by Gasteiger charge is -2.22. The maximum atomic E-state index is 12.9. The van der Waals surface area contributed by atoms with Crippen LogP contribution in [0, 0.1) is 6.92 Å². The van der Waals surface area contributed by atoms with E-state index in [1.165, 1.54) is 5.56 Å². The molecule has 0 aliphatic heterocycles. The van der Waals surface area contributed by atoms with E-state index in [0.29, 0.717) is 31.9 Å². The molecule has 2 aromatic carbocycles. The molecule has 0 aliphatic rings. The van der Waals surface area contributed by atoms with Crippen LogP contribution in [0.4, 0.5) is 0 Å². The molecular formula is C23H26N2O3S. The molecular weight excluding hydrogens is 384 g/mol. The fourth-order valence-electron chi connectivity index (χ4n) is 2.88. The largest absolute Gasteiger partial charge is 0.486 e. The Morgan fingerprint density at radius 1 is 1.10 bits per heavy atom. The maximum Gasteiger partial charge on any atom is 0.254 e. The summed E-state index contributed by atoms with van der Waals surface area (Å²) in [7, 11) is 1.67. The highest BCUT2D eigenvalue weighted by molar-refractivity contribution is 7.09. The number of hydrogen-bond acceptors (Lipinski definition) is 5. The van der Waals surface area contributed by atoms with Crippen LogP contribution in [0.25, 0.3) is 0 Å². The molecule has 0 saturated heterocycles. The van der Waals surface area contributed by atoms with Gasteiger partial charge in [0.15, 0.2) is 0 Å². The van der Waals surface area contributed by atoms with Crippen LogP contribution >= 0.6 is 11.3 Å². The van der Waals surface area contributed by atoms with E-state index >= 15 is 0 Å². The van der Waals surface area contributed by atoms with Gasteiger partial charge in [0.2, 0.25) is 0 Å². The van der Waals surface area contributed by atoms with Crippen molar-refractivity contribution in [2.24, 2.45) is 0 Å². The summed E-state index contributed by atoms with van der Waals surface area (Å²) in [4.78, 5) is 19.4. The van der Waals surface area contributed by atoms with Crippen LogP contribution in [0.1, 0.15) is 33.0 Å². The van der Waals surface area contributed by atoms with Crippen molar-refractivity contribution in [1.82, 2.24) is 9.88 Å². The highest BCUT2D eigenvalue weighted by atomic mass is 32.1. The van der Waals surface area contributed by atoms with Gasteiger partial charge >= 0.3 is 0 Å². The summed E-state index contributed by atoms with van der Waals surface area (Å²) in [6.07, 6.45) is 0.780. The van der Waals surface area contributed by atoms with E-state index in [1.807, 2.05) is 71.8 Å². The van der Waals surface area contributed by atoms with Crippen LogP contribution in [-0.4, -0.2) is 36.1 Å². The molecule has 152 valence electrons. The first-order valence-corrected chi connectivity index (χ1v) is 10.5. The summed E-state index contributed by atoms with van der Waals surface area (Å²) in [5.74, 6) is 0.833. The number of nitrogens with zero attached hydrogens (tertiary/aromatic N) is 2. The Bertz CT molecular complexity index is 894. The molecule has 1 amide bonds. The number of amides is 1. The Labute approximate surface area is 175 Å². The number of carbonyl (C=O) groups is 1. The third kappa shape index (κ3) is 6.41. The van der Waals surface area contributed by atoms with E-state index in [2.05, 4.69) is 4.98 Å². The van der Waals surface area contributed by atoms with Gasteiger partial charge < -0.3 is 14.4 Å². The molecule has 0 bridgehead atoms. The smallest absolute Gasteiger partial charge is 0.254 e. The average molecular weight is 411 g/mol. The van der Waals surface area contributed by atoms with Crippen molar-refractivity contribution in [1.29, 1.82) is 0 Å². The van der Waals surface area contributed by atoms with Crippen LogP contribution in [0.2, 0.25) is 0 Å². The zero-order valence-corrected chi connectivity index (χ0v) is 17.7. The number of methoxy groups -OCH3 is 1. The number of aryl methyl sites for hydroxylation is 1. The van der Waals surface area contributed by atoms with Gasteiger partial charge in [-0.25, -0.2) is 4.98 Å². The van der Waals surface area contributed by atoms with Crippen LogP contribution in [0.3, 0.4) is 0 Å². The normalized spacial score (nSPS) is 10.7. The predicted molar refractivity (Wildman–Crippen MR) is 115 cm³/mol. The van der Waals surface area contributed by atoms with Gasteiger partial charge in [-0.05, 0) is 37.6 Å². The summed E-state index contributed by atoms with van der Waals surface area (Å²) in [5, 5.41) is 2.89. The first kappa shape index (κ1) is 21.0. The molecule has 0 fully saturated rings. The minimum atomic E-state index is 0.00663. The Morgan fingerprint density at radius 3 is 2.59 bits per heavy atom. The lowest BCUT2D eigenvalue weighted by Crippen LogP contribution is -2.32. The Hall–Kier alpha value is -2.70. The van der Waals surface area contributed by atoms with Crippen molar-refractivity contribution in [2.75, 3.05) is 20.3 Å². The van der Waals surface area contributed by atoms with E-state index in [0.717, 1.165) is 22.9 Å². The van der Waals surface area contributed by atoms with Gasteiger partial charge in [0.1, 0.15) is 17.4 Å². The summed E-state index contributed by atoms with van der Waals surface area (Å²) in [6, 6.07) is 17.3. The highest BCUT2D eigenvalue weighted by Crippen LogP contribution is 2.18. The van der Waals surface area contributed by atoms with E-state index < -0.39 is 0 Å². The molecule has 0 unspecified atom stereocenters. The van der Waals surface area contributed by atoms with E-state index in [4.69, 9.17) is 9.47 Å². The van der Waals surface area contributed by atoms with E-state index in [9.17, 15) is 4.79 Å². The van der Waals surface area contributed by atoms with Crippen molar-refractivity contribution in [2.45, 2.75) is 26.5 Å². The number of thiazole rings is 1. The molecule has 6 heteroatoms. The quantitative estimate of drug-likeness (QED) is 0.454. The molecule has 1 heterocycles. The van der Waals surface area contributed by atoms with Gasteiger partial charge in [0.05, 0.1) is 12.2 Å². The predicted octanol–water partition coefficient (Wildman–Crippen LogP) is 4.71. The van der Waals surface area contributed by atoms with Crippen LogP contribution in [0.15, 0.2) is 60.0 Å². The van der Waals surface area contributed by atoms with Gasteiger partial charge in [-0.15, -0.1) is 11.3 Å². The third-order valence-corrected chi connectivity index (χ3v) is 5.29. The van der Waals surface area contributed by atoms with Crippen LogP contribution < -0.4 is 4.74 Å². The molecule has 29 heavy (non-hydrogen) atoms. The molecule has 0 saturated carbocycles. The van der Waals surface area contributed by atoms with Crippen molar-refractivity contribution in [3.05, 3.63) is 81.8 Å². The molecule has 0 aliphatic carbocycles. The number of benzene rings is 2. The molecule has 5 nitrogen and oxygen atoms in total. The number of hydrogen-bond donors (Lipinski definition) is 0. The second-order valence-electron chi connectivity index (χ2n) is 6.77. The molecule has 0 spiro atoms. The van der Waals surface area contributed by atoms with Gasteiger partial charge in [-0.2, -0.15) is 0 Å². The molecule has 0 N–H and O–H groups in total. The van der Waals surface area contributed by atoms with Crippen molar-refractivity contribution >= 4 is 17.2 Å². The van der Waals surface area contributed by atoms with Gasteiger partial charge in [0.25, 0.3) is 5.91 Å². The number of carbonyl (C=O) groups excluding carboxylic acids is 1. The second kappa shape index (κ2) is 10.7. The minimum absolute atomic E-state index is 0.00663. The second-order valence-corrected chi connectivity index (χ2v) is 7.72. The van der Waals surface area contributed by atoms with Crippen LogP contribution in [-0.2, 0) is 17.9 Å². The van der Waals surface area contributed by atoms with Gasteiger partial charge in [-0.3, -0.25) is 4.79 Å². The fourth-order valence-corrected chi connectivity index (χ4v) is 3.57. The maximum absolute atomic E-state index is 12.9. The SMILES string of the molecule is COCCCN(Cc1csc(COc2ccc(C)cc2)n1)C(=O)c1ccccc1. The monoisotopic (exact) mass is 410 g/mol. The van der Waals surface area contributed by atoms with Crippen molar-refractivity contribution < 1.29 is 14.3 Å². The Kier molecular flexibility index (Phi) is 7.78. The first-order valence-electron chi connectivity index (χ1n) is 9.61. The third-order valence-electron chi connectivity index (χ3n) is 4.42. The lowest BCUT2D eigenvalue weighted by atomic mass is 10.2. The number of aromatic nitrogens is 1. The van der Waals surface area contributed by atoms with E-state index in [1.54, 1.807) is 18.4 Å². The highest BCUT2D eigenvalue weighted by Gasteiger charge is 2.17. The lowest BCUT2D eigenvalue weighted by molar-refractivity contribution is 0.0721. The standard InChI is InChI=1S/C23H26N2O3S/c1-18-9-11-21(12-10-18)28-16-22-24-20(17-29-22)15-25(13-6-14-27-2)23(26)19-7-4-3-5-8-19/h3-5,7-12,17H,6,13-16H2,1-2H3. The minimum Gasteiger partial charge on any atom is -0.486 e. The first-order chi connectivity index (χ1) is 14.2.